The lowest BCUT2D eigenvalue weighted by atomic mass is 10.0. The van der Waals surface area contributed by atoms with E-state index in [4.69, 9.17) is 28.4 Å². The molecule has 0 spiro atoms. The van der Waals surface area contributed by atoms with Crippen molar-refractivity contribution in [3.05, 3.63) is 24.3 Å². The molecular formula is C20H30O8. The predicted molar refractivity (Wildman–Crippen MR) is 99.2 cm³/mol. The summed E-state index contributed by atoms with van der Waals surface area (Å²) >= 11 is 0. The molecule has 0 bridgehead atoms. The summed E-state index contributed by atoms with van der Waals surface area (Å²) in [5.41, 5.74) is 1.07. The first kappa shape index (κ1) is 22.5. The van der Waals surface area contributed by atoms with Gasteiger partial charge in [-0.25, -0.2) is 9.59 Å². The number of fused-ring (bicyclic) bond motifs is 1. The second kappa shape index (κ2) is 9.65. The van der Waals surface area contributed by atoms with Crippen LogP contribution in [0.2, 0.25) is 0 Å². The van der Waals surface area contributed by atoms with Crippen LogP contribution in [-0.4, -0.2) is 63.2 Å². The maximum atomic E-state index is 12.7. The number of cyclic esters (lactones) is 2. The van der Waals surface area contributed by atoms with Crippen LogP contribution in [0.4, 0.5) is 0 Å². The van der Waals surface area contributed by atoms with Crippen molar-refractivity contribution in [3.63, 3.8) is 0 Å². The third-order valence-corrected chi connectivity index (χ3v) is 5.16. The summed E-state index contributed by atoms with van der Waals surface area (Å²) in [6, 6.07) is 0. The highest BCUT2D eigenvalue weighted by molar-refractivity contribution is 5.86. The lowest BCUT2D eigenvalue weighted by molar-refractivity contribution is -0.439. The smallest absolute Gasteiger partial charge is 0.338 e. The number of carbonyl (C=O) groups excluding carboxylic acids is 2. The van der Waals surface area contributed by atoms with E-state index in [-0.39, 0.29) is 13.2 Å². The molecule has 0 N–H and O–H groups in total. The minimum Gasteiger partial charge on any atom is -0.464 e. The maximum absolute atomic E-state index is 12.7. The van der Waals surface area contributed by atoms with Crippen LogP contribution in [-0.2, 0) is 38.0 Å². The summed E-state index contributed by atoms with van der Waals surface area (Å²) in [7, 11) is 2.80. The van der Waals surface area contributed by atoms with Gasteiger partial charge in [-0.3, -0.25) is 0 Å². The number of esters is 2. The quantitative estimate of drug-likeness (QED) is 0.669. The molecule has 0 aliphatic carbocycles. The van der Waals surface area contributed by atoms with Gasteiger partial charge in [-0.15, -0.1) is 0 Å². The van der Waals surface area contributed by atoms with Gasteiger partial charge in [-0.1, -0.05) is 24.3 Å². The lowest BCUT2D eigenvalue weighted by Gasteiger charge is -2.50. The summed E-state index contributed by atoms with van der Waals surface area (Å²) in [4.78, 5) is 25.3. The number of carbonyl (C=O) groups is 2. The van der Waals surface area contributed by atoms with E-state index in [1.807, 2.05) is 6.08 Å². The van der Waals surface area contributed by atoms with E-state index in [1.54, 1.807) is 19.9 Å². The Morgan fingerprint density at radius 1 is 1.00 bits per heavy atom. The van der Waals surface area contributed by atoms with Gasteiger partial charge >= 0.3 is 11.9 Å². The first-order valence-corrected chi connectivity index (χ1v) is 9.41. The lowest BCUT2D eigenvalue weighted by Crippen LogP contribution is -2.68. The zero-order chi connectivity index (χ0) is 20.8. The van der Waals surface area contributed by atoms with Crippen molar-refractivity contribution < 1.29 is 38.0 Å². The van der Waals surface area contributed by atoms with E-state index < -0.39 is 35.7 Å². The van der Waals surface area contributed by atoms with E-state index in [1.165, 1.54) is 14.2 Å². The number of methoxy groups -OCH3 is 2. The highest BCUT2D eigenvalue weighted by Crippen LogP contribution is 2.39. The average molecular weight is 398 g/mol. The summed E-state index contributed by atoms with van der Waals surface area (Å²) in [5, 5.41) is 0. The zero-order valence-electron chi connectivity index (χ0n) is 17.0. The second-order valence-corrected chi connectivity index (χ2v) is 6.94. The van der Waals surface area contributed by atoms with Crippen molar-refractivity contribution >= 4 is 11.9 Å². The van der Waals surface area contributed by atoms with Crippen LogP contribution in [0.5, 0.6) is 0 Å². The van der Waals surface area contributed by atoms with Gasteiger partial charge in [0.25, 0.3) is 0 Å². The maximum Gasteiger partial charge on any atom is 0.338 e. The number of allylic oxidation sites excluding steroid dienone is 3. The van der Waals surface area contributed by atoms with Crippen LogP contribution in [0.1, 0.15) is 39.5 Å². The summed E-state index contributed by atoms with van der Waals surface area (Å²) in [6.07, 6.45) is 3.91. The number of ether oxygens (including phenoxy) is 6. The largest absolute Gasteiger partial charge is 0.464 e. The molecular weight excluding hydrogens is 368 g/mol. The van der Waals surface area contributed by atoms with Crippen molar-refractivity contribution in [1.29, 1.82) is 0 Å². The first-order chi connectivity index (χ1) is 13.3. The minimum atomic E-state index is -1.44. The van der Waals surface area contributed by atoms with Crippen molar-refractivity contribution in [1.82, 2.24) is 0 Å². The molecule has 0 aromatic heterocycles. The number of rotatable bonds is 3. The number of hydrogen-bond donors (Lipinski definition) is 0. The van der Waals surface area contributed by atoms with Gasteiger partial charge in [0.1, 0.15) is 0 Å². The fourth-order valence-corrected chi connectivity index (χ4v) is 3.08. The molecule has 1 fully saturated rings. The van der Waals surface area contributed by atoms with Gasteiger partial charge < -0.3 is 28.4 Å². The van der Waals surface area contributed by atoms with Crippen LogP contribution >= 0.6 is 0 Å². The Morgan fingerprint density at radius 2 is 1.50 bits per heavy atom. The highest BCUT2D eigenvalue weighted by atomic mass is 16.8. The third-order valence-electron chi connectivity index (χ3n) is 5.16. The van der Waals surface area contributed by atoms with E-state index in [0.717, 1.165) is 18.4 Å². The van der Waals surface area contributed by atoms with Crippen molar-refractivity contribution in [2.75, 3.05) is 27.4 Å². The molecule has 2 rings (SSSR count). The van der Waals surface area contributed by atoms with Crippen LogP contribution in [0, 0.1) is 0 Å². The van der Waals surface area contributed by atoms with Gasteiger partial charge in [-0.2, -0.15) is 0 Å². The molecule has 1 saturated heterocycles. The Kier molecular flexibility index (Phi) is 7.77. The molecule has 8 nitrogen and oxygen atoms in total. The van der Waals surface area contributed by atoms with Crippen LogP contribution < -0.4 is 0 Å². The summed E-state index contributed by atoms with van der Waals surface area (Å²) < 4.78 is 33.1. The van der Waals surface area contributed by atoms with Crippen molar-refractivity contribution in [2.45, 2.75) is 63.3 Å². The van der Waals surface area contributed by atoms with E-state index in [0.29, 0.717) is 12.8 Å². The molecule has 0 amide bonds. The van der Waals surface area contributed by atoms with Gasteiger partial charge in [0, 0.05) is 14.2 Å². The van der Waals surface area contributed by atoms with E-state index in [2.05, 4.69) is 6.58 Å². The van der Waals surface area contributed by atoms with Gasteiger partial charge in [0.05, 0.1) is 13.2 Å². The molecule has 2 aliphatic rings. The molecule has 158 valence electrons. The Bertz CT molecular complexity index is 615. The molecule has 2 aliphatic heterocycles. The number of hydrogen-bond acceptors (Lipinski definition) is 8. The first-order valence-electron chi connectivity index (χ1n) is 9.41. The Hall–Kier alpha value is -1.74. The molecule has 0 aromatic rings. The van der Waals surface area contributed by atoms with E-state index >= 15 is 0 Å². The fraction of sp³-hybridized carbons (Fsp3) is 0.700. The van der Waals surface area contributed by atoms with Crippen LogP contribution in [0.3, 0.4) is 0 Å². The third kappa shape index (κ3) is 4.81. The Balaban J connectivity index is 2.26. The highest BCUT2D eigenvalue weighted by Gasteiger charge is 2.60. The monoisotopic (exact) mass is 398 g/mol. The normalized spacial score (nSPS) is 37.5. The molecule has 8 heteroatoms. The standard InChI is InChI=1S/C20H30O8/c1-6-14-10-7-8-12-25-17(21)15-16(18(22)26-13-9-11-14)28-20(3,24-5)19(2,23-4)27-15/h6,10,15-16H,1,7-9,11-13H2,2-5H3/b14-10-. The van der Waals surface area contributed by atoms with Crippen molar-refractivity contribution in [2.24, 2.45) is 0 Å². The SMILES string of the molecule is C=C/C1=C/CCCOC(=O)C2OC(C)(OC)C(C)(OC)OC2C(=O)OCCC1. The minimum absolute atomic E-state index is 0.177. The molecule has 4 unspecified atom stereocenters. The molecule has 28 heavy (non-hydrogen) atoms. The van der Waals surface area contributed by atoms with Gasteiger partial charge in [0.2, 0.25) is 11.6 Å². The predicted octanol–water partition coefficient (Wildman–Crippen LogP) is 2.27. The summed E-state index contributed by atoms with van der Waals surface area (Å²) in [6.45, 7) is 7.29. The molecule has 0 saturated carbocycles. The molecule has 0 radical (unpaired) electrons. The molecule has 2 heterocycles. The fourth-order valence-electron chi connectivity index (χ4n) is 3.08. The topological polar surface area (TPSA) is 89.5 Å². The molecule has 4 atom stereocenters. The van der Waals surface area contributed by atoms with Crippen molar-refractivity contribution in [3.8, 4) is 0 Å². The Morgan fingerprint density at radius 3 is 1.96 bits per heavy atom. The molecule has 0 aromatic carbocycles. The second-order valence-electron chi connectivity index (χ2n) is 6.94. The van der Waals surface area contributed by atoms with Crippen LogP contribution in [0.25, 0.3) is 0 Å². The average Bonchev–Trinajstić information content (AvgIpc) is 2.69. The van der Waals surface area contributed by atoms with Gasteiger partial charge in [0.15, 0.2) is 12.2 Å². The van der Waals surface area contributed by atoms with E-state index in [9.17, 15) is 9.59 Å². The zero-order valence-corrected chi connectivity index (χ0v) is 17.0. The Labute approximate surface area is 165 Å². The van der Waals surface area contributed by atoms with Gasteiger partial charge in [-0.05, 0) is 39.5 Å². The summed E-state index contributed by atoms with van der Waals surface area (Å²) in [5.74, 6) is -4.31. The van der Waals surface area contributed by atoms with Crippen LogP contribution in [0.15, 0.2) is 24.3 Å².